The van der Waals surface area contributed by atoms with E-state index in [2.05, 4.69) is 17.9 Å². The van der Waals surface area contributed by atoms with E-state index in [0.717, 1.165) is 0 Å². The van der Waals surface area contributed by atoms with E-state index in [-0.39, 0.29) is 36.2 Å². The van der Waals surface area contributed by atoms with Gasteiger partial charge in [0.05, 0.1) is 12.1 Å². The second-order valence-electron chi connectivity index (χ2n) is 3.82. The van der Waals surface area contributed by atoms with Gasteiger partial charge in [-0.05, 0) is 11.6 Å². The summed E-state index contributed by atoms with van der Waals surface area (Å²) in [6, 6.07) is 4.98. The minimum atomic E-state index is -0.264. The maximum Gasteiger partial charge on any atom is 0.252 e. The Bertz CT molecular complexity index is 510. The third kappa shape index (κ3) is 2.24. The normalized spacial score (nSPS) is 14.2. The minimum absolute atomic E-state index is 0.00207. The van der Waals surface area contributed by atoms with Crippen LogP contribution < -0.4 is 5.32 Å². The lowest BCUT2D eigenvalue weighted by Gasteiger charge is -2.18. The van der Waals surface area contributed by atoms with E-state index in [0.29, 0.717) is 16.7 Å². The Balaban J connectivity index is 2.47. The van der Waals surface area contributed by atoms with Crippen LogP contribution in [0.3, 0.4) is 0 Å². The summed E-state index contributed by atoms with van der Waals surface area (Å²) in [4.78, 5) is 34.7. The van der Waals surface area contributed by atoms with Crippen molar-refractivity contribution in [2.75, 3.05) is 12.3 Å². The van der Waals surface area contributed by atoms with Gasteiger partial charge in [-0.15, -0.1) is 0 Å². The first kappa shape index (κ1) is 11.9. The molecule has 0 aromatic heterocycles. The Morgan fingerprint density at radius 1 is 1.35 bits per heavy atom. The van der Waals surface area contributed by atoms with E-state index in [9.17, 15) is 14.4 Å². The SMILES string of the molecule is O=C(CS)Cc1cccc2c1C(=O)CNC2=O. The van der Waals surface area contributed by atoms with E-state index in [1.54, 1.807) is 18.2 Å². The smallest absolute Gasteiger partial charge is 0.252 e. The van der Waals surface area contributed by atoms with Gasteiger partial charge in [-0.3, -0.25) is 14.4 Å². The Morgan fingerprint density at radius 3 is 2.82 bits per heavy atom. The highest BCUT2D eigenvalue weighted by atomic mass is 32.1. The number of rotatable bonds is 3. The highest BCUT2D eigenvalue weighted by molar-refractivity contribution is 7.81. The van der Waals surface area contributed by atoms with E-state index in [1.165, 1.54) is 0 Å². The largest absolute Gasteiger partial charge is 0.345 e. The number of fused-ring (bicyclic) bond motifs is 1. The lowest BCUT2D eigenvalue weighted by Crippen LogP contribution is -2.37. The molecule has 1 aliphatic heterocycles. The molecule has 1 heterocycles. The first-order valence-electron chi connectivity index (χ1n) is 5.19. The van der Waals surface area contributed by atoms with Crippen LogP contribution in [0.25, 0.3) is 0 Å². The molecule has 1 aromatic carbocycles. The van der Waals surface area contributed by atoms with E-state index in [1.807, 2.05) is 0 Å². The molecule has 0 unspecified atom stereocenters. The predicted molar refractivity (Wildman–Crippen MR) is 65.7 cm³/mol. The molecule has 0 fully saturated rings. The van der Waals surface area contributed by atoms with Crippen molar-refractivity contribution in [3.63, 3.8) is 0 Å². The van der Waals surface area contributed by atoms with Crippen LogP contribution in [-0.4, -0.2) is 29.8 Å². The lowest BCUT2D eigenvalue weighted by molar-refractivity contribution is -0.115. The third-order valence-corrected chi connectivity index (χ3v) is 3.00. The van der Waals surface area contributed by atoms with E-state index >= 15 is 0 Å². The molecule has 4 nitrogen and oxygen atoms in total. The molecule has 1 aromatic rings. The number of hydrogen-bond acceptors (Lipinski definition) is 4. The molecule has 0 radical (unpaired) electrons. The molecule has 88 valence electrons. The standard InChI is InChI=1S/C12H11NO3S/c14-8(6-17)4-7-2-1-3-9-11(7)10(15)5-13-12(9)16/h1-3,17H,4-6H2,(H,13,16). The van der Waals surface area contributed by atoms with E-state index < -0.39 is 0 Å². The number of carbonyl (C=O) groups excluding carboxylic acids is 3. The number of benzene rings is 1. The van der Waals surface area contributed by atoms with Crippen molar-refractivity contribution in [2.24, 2.45) is 0 Å². The van der Waals surface area contributed by atoms with Crippen LogP contribution in [0.15, 0.2) is 18.2 Å². The number of Topliss-reactive ketones (excluding diaryl/α,β-unsaturated/α-hetero) is 2. The van der Waals surface area contributed by atoms with Gasteiger partial charge >= 0.3 is 0 Å². The van der Waals surface area contributed by atoms with Crippen molar-refractivity contribution in [1.82, 2.24) is 5.32 Å². The summed E-state index contributed by atoms with van der Waals surface area (Å²) in [5.41, 5.74) is 1.35. The van der Waals surface area contributed by atoms with Crippen LogP contribution in [0.1, 0.15) is 26.3 Å². The Morgan fingerprint density at radius 2 is 2.12 bits per heavy atom. The zero-order chi connectivity index (χ0) is 12.4. The first-order valence-corrected chi connectivity index (χ1v) is 5.82. The lowest BCUT2D eigenvalue weighted by atomic mass is 9.92. The van der Waals surface area contributed by atoms with Gasteiger partial charge in [0.2, 0.25) is 0 Å². The molecular formula is C12H11NO3S. The number of amides is 1. The number of carbonyl (C=O) groups is 3. The van der Waals surface area contributed by atoms with Gasteiger partial charge in [0.1, 0.15) is 5.78 Å². The molecule has 1 N–H and O–H groups in total. The molecule has 17 heavy (non-hydrogen) atoms. The number of hydrogen-bond donors (Lipinski definition) is 2. The van der Waals surface area contributed by atoms with Crippen LogP contribution in [0.5, 0.6) is 0 Å². The van der Waals surface area contributed by atoms with E-state index in [4.69, 9.17) is 0 Å². The van der Waals surface area contributed by atoms with Gasteiger partial charge in [-0.2, -0.15) is 12.6 Å². The predicted octanol–water partition coefficient (Wildman–Crippen LogP) is 0.654. The van der Waals surface area contributed by atoms with Crippen molar-refractivity contribution in [1.29, 1.82) is 0 Å². The van der Waals surface area contributed by atoms with Gasteiger partial charge in [0.25, 0.3) is 5.91 Å². The monoisotopic (exact) mass is 249 g/mol. The quantitative estimate of drug-likeness (QED) is 0.773. The molecule has 0 spiro atoms. The summed E-state index contributed by atoms with van der Waals surface area (Å²) in [6.07, 6.45) is 0.145. The molecule has 5 heteroatoms. The van der Waals surface area contributed by atoms with Crippen molar-refractivity contribution in [3.05, 3.63) is 34.9 Å². The highest BCUT2D eigenvalue weighted by Crippen LogP contribution is 2.19. The summed E-state index contributed by atoms with van der Waals surface area (Å²) >= 11 is 3.90. The van der Waals surface area contributed by atoms with Crippen molar-refractivity contribution in [3.8, 4) is 0 Å². The molecule has 2 rings (SSSR count). The summed E-state index contributed by atoms with van der Waals surface area (Å²) < 4.78 is 0. The molecular weight excluding hydrogens is 238 g/mol. The van der Waals surface area contributed by atoms with Crippen molar-refractivity contribution in [2.45, 2.75) is 6.42 Å². The summed E-state index contributed by atoms with van der Waals surface area (Å²) in [5.74, 6) is -0.355. The summed E-state index contributed by atoms with van der Waals surface area (Å²) in [7, 11) is 0. The third-order valence-electron chi connectivity index (χ3n) is 2.65. The van der Waals surface area contributed by atoms with Crippen LogP contribution in [0.2, 0.25) is 0 Å². The van der Waals surface area contributed by atoms with Crippen LogP contribution >= 0.6 is 12.6 Å². The average Bonchev–Trinajstić information content (AvgIpc) is 2.34. The van der Waals surface area contributed by atoms with Gasteiger partial charge < -0.3 is 5.32 Å². The average molecular weight is 249 g/mol. The molecule has 1 amide bonds. The molecule has 1 aliphatic rings. The van der Waals surface area contributed by atoms with Crippen LogP contribution in [0, 0.1) is 0 Å². The number of ketones is 2. The Hall–Kier alpha value is -1.62. The Labute approximate surface area is 104 Å². The maximum atomic E-state index is 11.8. The maximum absolute atomic E-state index is 11.8. The Kier molecular flexibility index (Phi) is 3.28. The fourth-order valence-corrected chi connectivity index (χ4v) is 1.99. The first-order chi connectivity index (χ1) is 8.13. The summed E-state index contributed by atoms with van der Waals surface area (Å²) in [5, 5.41) is 2.49. The zero-order valence-electron chi connectivity index (χ0n) is 9.03. The van der Waals surface area contributed by atoms with Gasteiger partial charge in [-0.25, -0.2) is 0 Å². The molecule has 0 atom stereocenters. The summed E-state index contributed by atoms with van der Waals surface area (Å²) in [6.45, 7) is -0.00207. The molecule has 0 aliphatic carbocycles. The van der Waals surface area contributed by atoms with Crippen LogP contribution in [-0.2, 0) is 11.2 Å². The molecule has 0 saturated carbocycles. The van der Waals surface area contributed by atoms with Gasteiger partial charge in [0.15, 0.2) is 5.78 Å². The second kappa shape index (κ2) is 4.71. The van der Waals surface area contributed by atoms with Crippen LogP contribution in [0.4, 0.5) is 0 Å². The van der Waals surface area contributed by atoms with Crippen molar-refractivity contribution < 1.29 is 14.4 Å². The topological polar surface area (TPSA) is 63.2 Å². The highest BCUT2D eigenvalue weighted by Gasteiger charge is 2.25. The fourth-order valence-electron chi connectivity index (χ4n) is 1.88. The second-order valence-corrected chi connectivity index (χ2v) is 4.14. The van der Waals surface area contributed by atoms with Gasteiger partial charge in [0, 0.05) is 17.7 Å². The zero-order valence-corrected chi connectivity index (χ0v) is 9.92. The number of nitrogens with one attached hydrogen (secondary N) is 1. The molecule has 0 saturated heterocycles. The van der Waals surface area contributed by atoms with Crippen molar-refractivity contribution >= 4 is 30.1 Å². The fraction of sp³-hybridized carbons (Fsp3) is 0.250. The van der Waals surface area contributed by atoms with Gasteiger partial charge in [-0.1, -0.05) is 12.1 Å². The molecule has 0 bridgehead atoms. The number of thiol groups is 1. The minimum Gasteiger partial charge on any atom is -0.345 e.